The predicted octanol–water partition coefficient (Wildman–Crippen LogP) is 6.43. The van der Waals surface area contributed by atoms with E-state index in [2.05, 4.69) is 10.3 Å². The maximum absolute atomic E-state index is 12.3. The molecule has 0 bridgehead atoms. The number of esters is 1. The third-order valence-electron chi connectivity index (χ3n) is 5.20. The number of anilines is 1. The zero-order valence-corrected chi connectivity index (χ0v) is 19.1. The summed E-state index contributed by atoms with van der Waals surface area (Å²) in [6.45, 7) is 6.48. The molecule has 2 aromatic heterocycles. The monoisotopic (exact) mass is 439 g/mol. The number of fused-ring (bicyclic) bond motifs is 1. The molecule has 6 nitrogen and oxygen atoms in total. The van der Waals surface area contributed by atoms with E-state index in [4.69, 9.17) is 14.5 Å². The van der Waals surface area contributed by atoms with Crippen molar-refractivity contribution in [1.29, 1.82) is 0 Å². The molecule has 2 heterocycles. The highest BCUT2D eigenvalue weighted by Crippen LogP contribution is 2.32. The molecular formula is C24H29N3O3S. The Kier molecular flexibility index (Phi) is 6.41. The number of nitrogens with one attached hydrogen (secondary N) is 1. The van der Waals surface area contributed by atoms with Crippen molar-refractivity contribution in [3.8, 4) is 11.5 Å². The number of carbonyl (C=O) groups excluding carboxylic acids is 1. The van der Waals surface area contributed by atoms with Crippen LogP contribution in [0, 0.1) is 5.92 Å². The molecule has 0 unspecified atom stereocenters. The van der Waals surface area contributed by atoms with Crippen LogP contribution in [0.15, 0.2) is 36.5 Å². The number of ether oxygens (including phenoxy) is 2. The lowest BCUT2D eigenvalue weighted by atomic mass is 9.89. The van der Waals surface area contributed by atoms with Crippen molar-refractivity contribution in [2.45, 2.75) is 58.5 Å². The molecule has 164 valence electrons. The van der Waals surface area contributed by atoms with Crippen LogP contribution < -0.4 is 10.1 Å². The number of aromatic nitrogens is 2. The van der Waals surface area contributed by atoms with E-state index in [1.165, 1.54) is 32.1 Å². The molecule has 31 heavy (non-hydrogen) atoms. The summed E-state index contributed by atoms with van der Waals surface area (Å²) in [6.07, 6.45) is 8.24. The molecule has 0 atom stereocenters. The van der Waals surface area contributed by atoms with Crippen molar-refractivity contribution in [2.75, 3.05) is 11.9 Å². The van der Waals surface area contributed by atoms with Gasteiger partial charge in [0.1, 0.15) is 17.1 Å². The summed E-state index contributed by atoms with van der Waals surface area (Å²) in [5.74, 6) is 1.52. The molecule has 0 radical (unpaired) electrons. The number of hydrogen-bond donors (Lipinski definition) is 1. The van der Waals surface area contributed by atoms with Crippen LogP contribution in [0.5, 0.6) is 11.5 Å². The Hall–Kier alpha value is -2.67. The molecule has 1 fully saturated rings. The Morgan fingerprint density at radius 3 is 2.68 bits per heavy atom. The number of rotatable bonds is 6. The number of hydrogen-bond acceptors (Lipinski definition) is 7. The van der Waals surface area contributed by atoms with Crippen LogP contribution >= 0.6 is 11.3 Å². The molecule has 0 spiro atoms. The second-order valence-electron chi connectivity index (χ2n) is 9.01. The zero-order valence-electron chi connectivity index (χ0n) is 18.3. The van der Waals surface area contributed by atoms with Gasteiger partial charge in [-0.2, -0.15) is 0 Å². The fourth-order valence-electron chi connectivity index (χ4n) is 3.72. The van der Waals surface area contributed by atoms with Crippen LogP contribution in [0.25, 0.3) is 10.2 Å². The van der Waals surface area contributed by atoms with Gasteiger partial charge in [0.25, 0.3) is 0 Å². The Morgan fingerprint density at radius 2 is 1.90 bits per heavy atom. The van der Waals surface area contributed by atoms with Crippen molar-refractivity contribution in [1.82, 2.24) is 9.97 Å². The van der Waals surface area contributed by atoms with Gasteiger partial charge in [-0.25, -0.2) is 14.8 Å². The lowest BCUT2D eigenvalue weighted by Crippen LogP contribution is -2.24. The highest BCUT2D eigenvalue weighted by atomic mass is 32.1. The van der Waals surface area contributed by atoms with E-state index < -0.39 is 11.6 Å². The van der Waals surface area contributed by atoms with E-state index >= 15 is 0 Å². The van der Waals surface area contributed by atoms with Gasteiger partial charge in [0.05, 0.1) is 10.2 Å². The third kappa shape index (κ3) is 5.94. The lowest BCUT2D eigenvalue weighted by molar-refractivity contribution is 0.00624. The maximum atomic E-state index is 12.3. The molecule has 1 aliphatic rings. The number of nitrogens with zero attached hydrogens (tertiary/aromatic N) is 2. The molecule has 4 rings (SSSR count). The van der Waals surface area contributed by atoms with Crippen LogP contribution in [0.1, 0.15) is 63.4 Å². The highest BCUT2D eigenvalue weighted by Gasteiger charge is 2.19. The topological polar surface area (TPSA) is 73.3 Å². The average Bonchev–Trinajstić information content (AvgIpc) is 3.14. The minimum absolute atomic E-state index is 0.223. The second kappa shape index (κ2) is 9.22. The standard InChI is InChI=1S/C24H29N3O3S/c1-24(2,3)30-22(28)20-13-18(11-12-25-20)29-17-9-10-19-21(14-17)31-23(27-19)26-15-16-7-5-4-6-8-16/h9-14,16H,4-8,15H2,1-3H3,(H,26,27). The van der Waals surface area contributed by atoms with Crippen LogP contribution in [0.3, 0.4) is 0 Å². The lowest BCUT2D eigenvalue weighted by Gasteiger charge is -2.21. The normalized spacial score (nSPS) is 15.1. The summed E-state index contributed by atoms with van der Waals surface area (Å²) in [5, 5.41) is 4.47. The Balaban J connectivity index is 1.43. The van der Waals surface area contributed by atoms with Gasteiger partial charge >= 0.3 is 5.97 Å². The van der Waals surface area contributed by atoms with Gasteiger partial charge in [-0.3, -0.25) is 0 Å². The van der Waals surface area contributed by atoms with Crippen LogP contribution in [0.2, 0.25) is 0 Å². The summed E-state index contributed by atoms with van der Waals surface area (Å²) in [4.78, 5) is 21.1. The summed E-state index contributed by atoms with van der Waals surface area (Å²) in [7, 11) is 0. The first-order chi connectivity index (χ1) is 14.9. The van der Waals surface area contributed by atoms with Crippen molar-refractivity contribution >= 4 is 32.7 Å². The zero-order chi connectivity index (χ0) is 21.8. The van der Waals surface area contributed by atoms with Gasteiger partial charge in [0, 0.05) is 24.9 Å². The largest absolute Gasteiger partial charge is 0.457 e. The first kappa shape index (κ1) is 21.6. The van der Waals surface area contributed by atoms with Crippen LogP contribution in [-0.2, 0) is 4.74 Å². The van der Waals surface area contributed by atoms with Crippen molar-refractivity contribution in [3.05, 3.63) is 42.2 Å². The second-order valence-corrected chi connectivity index (χ2v) is 10.0. The first-order valence-electron chi connectivity index (χ1n) is 10.9. The summed E-state index contributed by atoms with van der Waals surface area (Å²) >= 11 is 1.64. The van der Waals surface area contributed by atoms with Gasteiger partial charge in [-0.05, 0) is 57.7 Å². The molecule has 0 amide bonds. The summed E-state index contributed by atoms with van der Waals surface area (Å²) in [5.41, 5.74) is 0.600. The van der Waals surface area contributed by atoms with Crippen molar-refractivity contribution < 1.29 is 14.3 Å². The third-order valence-corrected chi connectivity index (χ3v) is 6.18. The Bertz CT molecular complexity index is 1050. The Labute approximate surface area is 187 Å². The van der Waals surface area contributed by atoms with E-state index in [1.54, 1.807) is 29.7 Å². The SMILES string of the molecule is CC(C)(C)OC(=O)c1cc(Oc2ccc3nc(NCC4CCCCC4)sc3c2)ccn1. The van der Waals surface area contributed by atoms with E-state index in [0.29, 0.717) is 11.5 Å². The molecule has 1 aliphatic carbocycles. The molecule has 0 aliphatic heterocycles. The molecule has 1 saturated carbocycles. The average molecular weight is 440 g/mol. The maximum Gasteiger partial charge on any atom is 0.357 e. The quantitative estimate of drug-likeness (QED) is 0.446. The molecule has 0 saturated heterocycles. The fraction of sp³-hybridized carbons (Fsp3) is 0.458. The van der Waals surface area contributed by atoms with Crippen molar-refractivity contribution in [2.24, 2.45) is 5.92 Å². The van der Waals surface area contributed by atoms with Crippen molar-refractivity contribution in [3.63, 3.8) is 0 Å². The number of carbonyl (C=O) groups is 1. The minimum atomic E-state index is -0.574. The molecular weight excluding hydrogens is 410 g/mol. The fourth-order valence-corrected chi connectivity index (χ4v) is 4.62. The van der Waals surface area contributed by atoms with Crippen LogP contribution in [-0.4, -0.2) is 28.1 Å². The van der Waals surface area contributed by atoms with Gasteiger partial charge in [0.15, 0.2) is 10.8 Å². The van der Waals surface area contributed by atoms with E-state index in [0.717, 1.165) is 27.8 Å². The molecule has 1 N–H and O–H groups in total. The number of benzene rings is 1. The Morgan fingerprint density at radius 1 is 1.13 bits per heavy atom. The summed E-state index contributed by atoms with van der Waals surface area (Å²) < 4.78 is 12.4. The number of pyridine rings is 1. The first-order valence-corrected chi connectivity index (χ1v) is 11.7. The van der Waals surface area contributed by atoms with Gasteiger partial charge in [0.2, 0.25) is 0 Å². The van der Waals surface area contributed by atoms with Gasteiger partial charge in [-0.15, -0.1) is 0 Å². The van der Waals surface area contributed by atoms with Crippen LogP contribution in [0.4, 0.5) is 5.13 Å². The van der Waals surface area contributed by atoms with Gasteiger partial charge < -0.3 is 14.8 Å². The predicted molar refractivity (Wildman–Crippen MR) is 124 cm³/mol. The van der Waals surface area contributed by atoms with E-state index in [1.807, 2.05) is 39.0 Å². The highest BCUT2D eigenvalue weighted by molar-refractivity contribution is 7.22. The molecule has 3 aromatic rings. The van der Waals surface area contributed by atoms with E-state index in [9.17, 15) is 4.79 Å². The summed E-state index contributed by atoms with van der Waals surface area (Å²) in [6, 6.07) is 9.15. The van der Waals surface area contributed by atoms with Gasteiger partial charge in [-0.1, -0.05) is 30.6 Å². The molecule has 1 aromatic carbocycles. The smallest absolute Gasteiger partial charge is 0.357 e. The minimum Gasteiger partial charge on any atom is -0.457 e. The molecule has 7 heteroatoms. The van der Waals surface area contributed by atoms with E-state index in [-0.39, 0.29) is 5.69 Å². The number of thiazole rings is 1.